The van der Waals surface area contributed by atoms with E-state index in [9.17, 15) is 0 Å². The summed E-state index contributed by atoms with van der Waals surface area (Å²) < 4.78 is 3.62. The molecule has 1 N–H and O–H groups in total. The molecular formula is C16H29NS. The molecule has 1 fully saturated rings. The lowest BCUT2D eigenvalue weighted by Crippen LogP contribution is -2.15. The molecule has 0 bridgehead atoms. The summed E-state index contributed by atoms with van der Waals surface area (Å²) in [6, 6.07) is 0. The second-order valence-electron chi connectivity index (χ2n) is 6.20. The fraction of sp³-hybridized carbons (Fsp3) is 0.750. The summed E-state index contributed by atoms with van der Waals surface area (Å²) in [4.78, 5) is 0. The fourth-order valence-corrected chi connectivity index (χ4v) is 5.78. The third-order valence-electron chi connectivity index (χ3n) is 4.34. The maximum Gasteiger partial charge on any atom is -0.00358 e. The van der Waals surface area contributed by atoms with Crippen LogP contribution >= 0.6 is 10.2 Å². The van der Waals surface area contributed by atoms with E-state index in [0.717, 1.165) is 11.8 Å². The number of hydrogen-bond donors (Lipinski definition) is 1. The van der Waals surface area contributed by atoms with Crippen molar-refractivity contribution < 1.29 is 0 Å². The summed E-state index contributed by atoms with van der Waals surface area (Å²) in [7, 11) is 1.35. The van der Waals surface area contributed by atoms with E-state index >= 15 is 0 Å². The van der Waals surface area contributed by atoms with Crippen LogP contribution in [0.25, 0.3) is 0 Å². The average Bonchev–Trinajstić information content (AvgIpc) is 2.83. The molecule has 2 rings (SSSR count). The minimum absolute atomic E-state index is 0.785. The summed E-state index contributed by atoms with van der Waals surface area (Å²) in [6.45, 7) is 4.65. The number of hydrogen-bond acceptors (Lipinski definition) is 1. The van der Waals surface area contributed by atoms with E-state index < -0.39 is 10.2 Å². The third-order valence-corrected chi connectivity index (χ3v) is 7.33. The highest BCUT2D eigenvalue weighted by molar-refractivity contribution is 8.37. The van der Waals surface area contributed by atoms with Crippen LogP contribution in [0, 0.1) is 11.8 Å². The first-order valence-corrected chi connectivity index (χ1v) is 9.47. The van der Waals surface area contributed by atoms with Crippen molar-refractivity contribution in [3.05, 3.63) is 22.5 Å². The molecule has 1 heterocycles. The Labute approximate surface area is 115 Å². The number of allylic oxidation sites excluding steroid dienone is 2. The molecule has 18 heavy (non-hydrogen) atoms. The van der Waals surface area contributed by atoms with Crippen LogP contribution in [-0.4, -0.2) is 12.8 Å². The van der Waals surface area contributed by atoms with Crippen molar-refractivity contribution in [2.75, 3.05) is 12.8 Å². The largest absolute Gasteiger partial charge is 0.277 e. The van der Waals surface area contributed by atoms with Gasteiger partial charge >= 0.3 is 0 Å². The summed E-state index contributed by atoms with van der Waals surface area (Å²) in [5, 5.41) is 5.09. The van der Waals surface area contributed by atoms with Crippen LogP contribution < -0.4 is 4.72 Å². The van der Waals surface area contributed by atoms with Crippen LogP contribution in [0.2, 0.25) is 0 Å². The molecule has 0 saturated heterocycles. The molecule has 0 spiro atoms. The van der Waals surface area contributed by atoms with Crippen LogP contribution in [0.5, 0.6) is 0 Å². The molecule has 0 aromatic heterocycles. The highest BCUT2D eigenvalue weighted by Gasteiger charge is 2.26. The molecule has 1 atom stereocenters. The van der Waals surface area contributed by atoms with Crippen LogP contribution in [-0.2, 0) is 0 Å². The molecule has 0 aromatic carbocycles. The van der Waals surface area contributed by atoms with Gasteiger partial charge < -0.3 is 0 Å². The Bertz CT molecular complexity index is 326. The van der Waals surface area contributed by atoms with Crippen LogP contribution in [0.4, 0.5) is 0 Å². The molecule has 1 unspecified atom stereocenters. The standard InChI is InChI=1S/C16H29NS/c1-14(2)9-11-18(17-3)12-10-16(13-18)15-7-5-4-6-8-15/h10,12-15,17H,4-9,11H2,1-3H3. The first-order chi connectivity index (χ1) is 8.65. The van der Waals surface area contributed by atoms with Crippen molar-refractivity contribution in [2.24, 2.45) is 11.8 Å². The fourth-order valence-electron chi connectivity index (χ4n) is 2.98. The lowest BCUT2D eigenvalue weighted by Gasteiger charge is -2.32. The predicted molar refractivity (Wildman–Crippen MR) is 84.8 cm³/mol. The van der Waals surface area contributed by atoms with Crippen molar-refractivity contribution in [1.82, 2.24) is 4.72 Å². The molecule has 1 saturated carbocycles. The Kier molecular flexibility index (Phi) is 4.97. The van der Waals surface area contributed by atoms with Gasteiger partial charge in [0.05, 0.1) is 0 Å². The SMILES string of the molecule is CNS1(CCC(C)C)C=CC(C2CCCCC2)=C1. The first kappa shape index (κ1) is 14.2. The zero-order valence-corrected chi connectivity index (χ0v) is 13.1. The van der Waals surface area contributed by atoms with Crippen LogP contribution in [0.1, 0.15) is 52.4 Å². The van der Waals surface area contributed by atoms with Crippen LogP contribution in [0.15, 0.2) is 22.5 Å². The zero-order valence-electron chi connectivity index (χ0n) is 12.2. The Balaban J connectivity index is 2.01. The number of nitrogens with one attached hydrogen (secondary N) is 1. The lowest BCUT2D eigenvalue weighted by molar-refractivity contribution is 0.409. The van der Waals surface area contributed by atoms with E-state index in [1.165, 1.54) is 44.3 Å². The average molecular weight is 267 g/mol. The van der Waals surface area contributed by atoms with E-state index in [2.05, 4.69) is 42.5 Å². The van der Waals surface area contributed by atoms with Gasteiger partial charge in [-0.15, -0.1) is 10.2 Å². The molecule has 104 valence electrons. The summed E-state index contributed by atoms with van der Waals surface area (Å²) in [5.41, 5.74) is 1.64. The maximum atomic E-state index is 3.62. The minimum Gasteiger partial charge on any atom is -0.277 e. The molecule has 1 aliphatic heterocycles. The summed E-state index contributed by atoms with van der Waals surface area (Å²) >= 11 is 0. The van der Waals surface area contributed by atoms with Crippen molar-refractivity contribution in [2.45, 2.75) is 52.4 Å². The monoisotopic (exact) mass is 267 g/mol. The second-order valence-corrected chi connectivity index (χ2v) is 9.22. The third kappa shape index (κ3) is 3.42. The topological polar surface area (TPSA) is 12.0 Å². The van der Waals surface area contributed by atoms with Gasteiger partial charge in [-0.1, -0.05) is 39.2 Å². The molecule has 1 nitrogen and oxygen atoms in total. The van der Waals surface area contributed by atoms with Crippen molar-refractivity contribution in [3.63, 3.8) is 0 Å². The van der Waals surface area contributed by atoms with Crippen molar-refractivity contribution >= 4 is 10.2 Å². The van der Waals surface area contributed by atoms with E-state index in [4.69, 9.17) is 0 Å². The minimum atomic E-state index is -0.785. The quantitative estimate of drug-likeness (QED) is 0.742. The first-order valence-electron chi connectivity index (χ1n) is 7.54. The highest BCUT2D eigenvalue weighted by atomic mass is 32.3. The van der Waals surface area contributed by atoms with Gasteiger partial charge in [0, 0.05) is 0 Å². The molecular weight excluding hydrogens is 238 g/mol. The Morgan fingerprint density at radius 3 is 2.61 bits per heavy atom. The molecule has 0 radical (unpaired) electrons. The van der Waals surface area contributed by atoms with Gasteiger partial charge in [0.15, 0.2) is 0 Å². The molecule has 2 heteroatoms. The van der Waals surface area contributed by atoms with E-state index in [1.54, 1.807) is 5.57 Å². The van der Waals surface area contributed by atoms with Crippen molar-refractivity contribution in [1.29, 1.82) is 0 Å². The Morgan fingerprint density at radius 2 is 2.00 bits per heavy atom. The van der Waals surface area contributed by atoms with Gasteiger partial charge in [-0.05, 0) is 60.3 Å². The van der Waals surface area contributed by atoms with E-state index in [-0.39, 0.29) is 0 Å². The summed E-state index contributed by atoms with van der Waals surface area (Å²) in [5.74, 6) is 2.98. The van der Waals surface area contributed by atoms with Gasteiger partial charge in [0.1, 0.15) is 0 Å². The highest BCUT2D eigenvalue weighted by Crippen LogP contribution is 2.54. The van der Waals surface area contributed by atoms with E-state index in [1.807, 2.05) is 0 Å². The Morgan fingerprint density at radius 1 is 1.28 bits per heavy atom. The van der Waals surface area contributed by atoms with Gasteiger partial charge in [-0.2, -0.15) is 0 Å². The van der Waals surface area contributed by atoms with Gasteiger partial charge in [0.2, 0.25) is 0 Å². The van der Waals surface area contributed by atoms with E-state index in [0.29, 0.717) is 0 Å². The normalized spacial score (nSPS) is 32.6. The predicted octanol–water partition coefficient (Wildman–Crippen LogP) is 4.96. The smallest absolute Gasteiger partial charge is 0.00358 e. The Hall–Kier alpha value is -0.210. The number of rotatable bonds is 5. The van der Waals surface area contributed by atoms with Crippen LogP contribution in [0.3, 0.4) is 0 Å². The van der Waals surface area contributed by atoms with Gasteiger partial charge in [0.25, 0.3) is 0 Å². The summed E-state index contributed by atoms with van der Waals surface area (Å²) in [6.07, 6.45) is 10.9. The van der Waals surface area contributed by atoms with Gasteiger partial charge in [-0.3, -0.25) is 4.72 Å². The molecule has 2 aliphatic rings. The van der Waals surface area contributed by atoms with Gasteiger partial charge in [-0.25, -0.2) is 0 Å². The zero-order chi connectivity index (χ0) is 13.0. The molecule has 1 aliphatic carbocycles. The lowest BCUT2D eigenvalue weighted by atomic mass is 9.84. The maximum absolute atomic E-state index is 3.62. The molecule has 0 aromatic rings. The second kappa shape index (κ2) is 6.29. The van der Waals surface area contributed by atoms with Crippen molar-refractivity contribution in [3.8, 4) is 0 Å². The molecule has 0 amide bonds.